The number of hydrogen-bond donors (Lipinski definition) is 0. The maximum absolute atomic E-state index is 12.5. The van der Waals surface area contributed by atoms with Gasteiger partial charge in [0.25, 0.3) is 0 Å². The second kappa shape index (κ2) is 8.84. The molecule has 1 amide bonds. The van der Waals surface area contributed by atoms with E-state index in [9.17, 15) is 4.79 Å². The third kappa shape index (κ3) is 4.38. The van der Waals surface area contributed by atoms with E-state index in [-0.39, 0.29) is 5.91 Å². The third-order valence-electron chi connectivity index (χ3n) is 4.84. The molecule has 1 aliphatic heterocycles. The SMILES string of the molecule is CCOc1cccc2sc(N3CCN(C(=O)/C=C/c4ccccc4Cl)CC3)nc12. The van der Waals surface area contributed by atoms with Crippen LogP contribution in [0.1, 0.15) is 12.5 Å². The summed E-state index contributed by atoms with van der Waals surface area (Å²) >= 11 is 7.81. The summed E-state index contributed by atoms with van der Waals surface area (Å²) in [6, 6.07) is 13.5. The van der Waals surface area contributed by atoms with Crippen LogP contribution >= 0.6 is 22.9 Å². The fourth-order valence-corrected chi connectivity index (χ4v) is 4.55. The number of carbonyl (C=O) groups excluding carboxylic acids is 1. The molecular formula is C22H22ClN3O2S. The molecule has 1 aromatic heterocycles. The summed E-state index contributed by atoms with van der Waals surface area (Å²) in [5, 5.41) is 1.62. The summed E-state index contributed by atoms with van der Waals surface area (Å²) in [6.45, 7) is 5.45. The van der Waals surface area contributed by atoms with Gasteiger partial charge in [0.1, 0.15) is 11.3 Å². The fraction of sp³-hybridized carbons (Fsp3) is 0.273. The van der Waals surface area contributed by atoms with Crippen LogP contribution in [0.25, 0.3) is 16.3 Å². The highest BCUT2D eigenvalue weighted by Gasteiger charge is 2.22. The Morgan fingerprint density at radius 2 is 1.97 bits per heavy atom. The average molecular weight is 428 g/mol. The molecule has 2 aromatic carbocycles. The summed E-state index contributed by atoms with van der Waals surface area (Å²) in [6.07, 6.45) is 3.38. The van der Waals surface area contributed by atoms with Gasteiger partial charge < -0.3 is 14.5 Å². The van der Waals surface area contributed by atoms with Crippen LogP contribution in [0, 0.1) is 0 Å². The number of piperazine rings is 1. The molecule has 150 valence electrons. The lowest BCUT2D eigenvalue weighted by Gasteiger charge is -2.34. The van der Waals surface area contributed by atoms with Crippen molar-refractivity contribution in [3.8, 4) is 5.75 Å². The van der Waals surface area contributed by atoms with Crippen LogP contribution in [0.4, 0.5) is 5.13 Å². The Balaban J connectivity index is 1.40. The summed E-state index contributed by atoms with van der Waals surface area (Å²) in [4.78, 5) is 21.4. The molecule has 0 unspecified atom stereocenters. The average Bonchev–Trinajstić information content (AvgIpc) is 3.19. The number of thiazole rings is 1. The maximum Gasteiger partial charge on any atom is 0.246 e. The Morgan fingerprint density at radius 1 is 1.17 bits per heavy atom. The molecule has 0 N–H and O–H groups in total. The van der Waals surface area contributed by atoms with E-state index in [4.69, 9.17) is 21.3 Å². The van der Waals surface area contributed by atoms with Gasteiger partial charge in [-0.15, -0.1) is 0 Å². The van der Waals surface area contributed by atoms with E-state index in [2.05, 4.69) is 11.0 Å². The minimum atomic E-state index is 0.00695. The zero-order valence-electron chi connectivity index (χ0n) is 16.2. The Kier molecular flexibility index (Phi) is 6.02. The number of halogens is 1. The molecule has 0 radical (unpaired) electrons. The van der Waals surface area contributed by atoms with Crippen molar-refractivity contribution in [2.45, 2.75) is 6.92 Å². The number of amides is 1. The van der Waals surface area contributed by atoms with Crippen molar-refractivity contribution < 1.29 is 9.53 Å². The van der Waals surface area contributed by atoms with Gasteiger partial charge in [-0.05, 0) is 36.8 Å². The number of aromatic nitrogens is 1. The highest BCUT2D eigenvalue weighted by molar-refractivity contribution is 7.22. The van der Waals surface area contributed by atoms with Crippen molar-refractivity contribution in [3.05, 3.63) is 59.1 Å². The monoisotopic (exact) mass is 427 g/mol. The lowest BCUT2D eigenvalue weighted by Crippen LogP contribution is -2.48. The first kappa shape index (κ1) is 19.7. The predicted molar refractivity (Wildman–Crippen MR) is 120 cm³/mol. The number of rotatable bonds is 5. The quantitative estimate of drug-likeness (QED) is 0.553. The van der Waals surface area contributed by atoms with E-state index in [0.29, 0.717) is 24.7 Å². The number of carbonyl (C=O) groups is 1. The smallest absolute Gasteiger partial charge is 0.246 e. The molecule has 0 aliphatic carbocycles. The minimum Gasteiger partial charge on any atom is -0.492 e. The van der Waals surface area contributed by atoms with E-state index in [1.54, 1.807) is 23.5 Å². The van der Waals surface area contributed by atoms with Crippen LogP contribution in [0.3, 0.4) is 0 Å². The molecule has 29 heavy (non-hydrogen) atoms. The molecule has 1 aliphatic rings. The van der Waals surface area contributed by atoms with E-state index in [1.165, 1.54) is 0 Å². The van der Waals surface area contributed by atoms with Crippen molar-refractivity contribution in [2.75, 3.05) is 37.7 Å². The summed E-state index contributed by atoms with van der Waals surface area (Å²) < 4.78 is 6.81. The largest absolute Gasteiger partial charge is 0.492 e. The number of nitrogens with zero attached hydrogens (tertiary/aromatic N) is 3. The predicted octanol–water partition coefficient (Wildman–Crippen LogP) is 4.71. The van der Waals surface area contributed by atoms with Gasteiger partial charge in [-0.25, -0.2) is 4.98 Å². The fourth-order valence-electron chi connectivity index (χ4n) is 3.31. The Bertz CT molecular complexity index is 1040. The molecule has 7 heteroatoms. The van der Waals surface area contributed by atoms with Crippen LogP contribution in [0.15, 0.2) is 48.5 Å². The molecule has 1 fully saturated rings. The molecular weight excluding hydrogens is 406 g/mol. The highest BCUT2D eigenvalue weighted by atomic mass is 35.5. The van der Waals surface area contributed by atoms with Gasteiger partial charge in [0.05, 0.1) is 11.3 Å². The first-order valence-corrected chi connectivity index (χ1v) is 10.8. The molecule has 0 bridgehead atoms. The minimum absolute atomic E-state index is 0.00695. The number of para-hydroxylation sites is 1. The van der Waals surface area contributed by atoms with Crippen molar-refractivity contribution in [3.63, 3.8) is 0 Å². The number of fused-ring (bicyclic) bond motifs is 1. The Labute approximate surface area is 179 Å². The number of hydrogen-bond acceptors (Lipinski definition) is 5. The van der Waals surface area contributed by atoms with Crippen molar-refractivity contribution in [1.29, 1.82) is 0 Å². The van der Waals surface area contributed by atoms with Crippen molar-refractivity contribution in [2.24, 2.45) is 0 Å². The van der Waals surface area contributed by atoms with Crippen LogP contribution in [-0.2, 0) is 4.79 Å². The molecule has 1 saturated heterocycles. The van der Waals surface area contributed by atoms with E-state index in [0.717, 1.165) is 39.8 Å². The number of benzene rings is 2. The van der Waals surface area contributed by atoms with Gasteiger partial charge >= 0.3 is 0 Å². The van der Waals surface area contributed by atoms with Crippen LogP contribution < -0.4 is 9.64 Å². The third-order valence-corrected chi connectivity index (χ3v) is 6.27. The van der Waals surface area contributed by atoms with Gasteiger partial charge in [0.15, 0.2) is 5.13 Å². The lowest BCUT2D eigenvalue weighted by molar-refractivity contribution is -0.126. The van der Waals surface area contributed by atoms with E-state index < -0.39 is 0 Å². The zero-order chi connectivity index (χ0) is 20.2. The maximum atomic E-state index is 12.5. The molecule has 0 saturated carbocycles. The standard InChI is InChI=1S/C22H22ClN3O2S/c1-2-28-18-8-5-9-19-21(18)24-22(29-19)26-14-12-25(13-15-26)20(27)11-10-16-6-3-4-7-17(16)23/h3-11H,2,12-15H2,1H3/b11-10+. The van der Waals surface area contributed by atoms with Crippen LogP contribution in [-0.4, -0.2) is 48.6 Å². The van der Waals surface area contributed by atoms with E-state index in [1.807, 2.05) is 48.2 Å². The van der Waals surface area contributed by atoms with Gasteiger partial charge in [0.2, 0.25) is 5.91 Å². The van der Waals surface area contributed by atoms with Crippen molar-refractivity contribution >= 4 is 50.3 Å². The van der Waals surface area contributed by atoms with Gasteiger partial charge in [0, 0.05) is 37.3 Å². The molecule has 0 spiro atoms. The summed E-state index contributed by atoms with van der Waals surface area (Å²) in [7, 11) is 0. The van der Waals surface area contributed by atoms with Crippen molar-refractivity contribution in [1.82, 2.24) is 9.88 Å². The van der Waals surface area contributed by atoms with Gasteiger partial charge in [-0.1, -0.05) is 47.2 Å². The molecule has 4 rings (SSSR count). The highest BCUT2D eigenvalue weighted by Crippen LogP contribution is 2.34. The normalized spacial score (nSPS) is 14.7. The van der Waals surface area contributed by atoms with E-state index >= 15 is 0 Å². The van der Waals surface area contributed by atoms with Crippen LogP contribution in [0.5, 0.6) is 5.75 Å². The molecule has 3 aromatic rings. The summed E-state index contributed by atoms with van der Waals surface area (Å²) in [5.41, 5.74) is 1.76. The molecule has 2 heterocycles. The zero-order valence-corrected chi connectivity index (χ0v) is 17.7. The first-order chi connectivity index (χ1) is 14.2. The Hall–Kier alpha value is -2.57. The Morgan fingerprint density at radius 3 is 2.72 bits per heavy atom. The van der Waals surface area contributed by atoms with Gasteiger partial charge in [-0.3, -0.25) is 4.79 Å². The second-order valence-corrected chi connectivity index (χ2v) is 8.12. The topological polar surface area (TPSA) is 45.7 Å². The van der Waals surface area contributed by atoms with Gasteiger partial charge in [-0.2, -0.15) is 0 Å². The summed E-state index contributed by atoms with van der Waals surface area (Å²) in [5.74, 6) is 0.832. The molecule has 0 atom stereocenters. The second-order valence-electron chi connectivity index (χ2n) is 6.70. The first-order valence-electron chi connectivity index (χ1n) is 9.64. The number of anilines is 1. The number of ether oxygens (including phenoxy) is 1. The molecule has 5 nitrogen and oxygen atoms in total. The van der Waals surface area contributed by atoms with Crippen LogP contribution in [0.2, 0.25) is 5.02 Å². The lowest BCUT2D eigenvalue weighted by atomic mass is 10.2.